The van der Waals surface area contributed by atoms with Crippen molar-refractivity contribution >= 4 is 5.91 Å². The number of ether oxygens (including phenoxy) is 2. The monoisotopic (exact) mass is 277 g/mol. The van der Waals surface area contributed by atoms with Crippen LogP contribution in [0.5, 0.6) is 5.75 Å². The molecule has 4 nitrogen and oxygen atoms in total. The standard InChI is InChI=1S/C16H23NO3/c1-13-12-20-14(2)11-17(13)16(18)9-6-10-19-15-7-4-3-5-8-15/h3-5,7-8,13-14H,6,9-12H2,1-2H3. The molecule has 1 aliphatic heterocycles. The van der Waals surface area contributed by atoms with Gasteiger partial charge in [0.1, 0.15) is 5.75 Å². The zero-order valence-electron chi connectivity index (χ0n) is 12.2. The van der Waals surface area contributed by atoms with Crippen molar-refractivity contribution in [2.75, 3.05) is 19.8 Å². The fourth-order valence-electron chi connectivity index (χ4n) is 2.32. The predicted molar refractivity (Wildman–Crippen MR) is 77.8 cm³/mol. The van der Waals surface area contributed by atoms with E-state index in [2.05, 4.69) is 0 Å². The predicted octanol–water partition coefficient (Wildman–Crippen LogP) is 2.48. The molecule has 0 bridgehead atoms. The van der Waals surface area contributed by atoms with E-state index in [0.717, 1.165) is 12.2 Å². The van der Waals surface area contributed by atoms with E-state index in [1.54, 1.807) is 0 Å². The van der Waals surface area contributed by atoms with Crippen LogP contribution < -0.4 is 4.74 Å². The van der Waals surface area contributed by atoms with Crippen molar-refractivity contribution in [3.8, 4) is 5.75 Å². The first-order valence-electron chi connectivity index (χ1n) is 7.25. The SMILES string of the molecule is CC1CN(C(=O)CCCOc2ccccc2)C(C)CO1. The van der Waals surface area contributed by atoms with Crippen LogP contribution in [-0.2, 0) is 9.53 Å². The van der Waals surface area contributed by atoms with Gasteiger partial charge in [0, 0.05) is 13.0 Å². The number of nitrogens with zero attached hydrogens (tertiary/aromatic N) is 1. The van der Waals surface area contributed by atoms with Crippen molar-refractivity contribution < 1.29 is 14.3 Å². The molecular formula is C16H23NO3. The summed E-state index contributed by atoms with van der Waals surface area (Å²) >= 11 is 0. The zero-order chi connectivity index (χ0) is 14.4. The number of hydrogen-bond acceptors (Lipinski definition) is 3. The van der Waals surface area contributed by atoms with Crippen LogP contribution in [0.15, 0.2) is 30.3 Å². The van der Waals surface area contributed by atoms with Crippen LogP contribution in [-0.4, -0.2) is 42.7 Å². The third-order valence-electron chi connectivity index (χ3n) is 3.48. The Morgan fingerprint density at radius 2 is 2.10 bits per heavy atom. The van der Waals surface area contributed by atoms with Gasteiger partial charge in [0.25, 0.3) is 0 Å². The Morgan fingerprint density at radius 3 is 2.85 bits per heavy atom. The highest BCUT2D eigenvalue weighted by Gasteiger charge is 2.26. The minimum absolute atomic E-state index is 0.135. The topological polar surface area (TPSA) is 38.8 Å². The second-order valence-corrected chi connectivity index (χ2v) is 5.30. The van der Waals surface area contributed by atoms with E-state index in [4.69, 9.17) is 9.47 Å². The maximum atomic E-state index is 12.2. The summed E-state index contributed by atoms with van der Waals surface area (Å²) in [7, 11) is 0. The molecule has 1 aliphatic rings. The molecule has 0 aromatic heterocycles. The van der Waals surface area contributed by atoms with Crippen LogP contribution in [0, 0.1) is 0 Å². The van der Waals surface area contributed by atoms with E-state index in [0.29, 0.717) is 26.2 Å². The minimum Gasteiger partial charge on any atom is -0.494 e. The molecule has 0 radical (unpaired) electrons. The number of carbonyl (C=O) groups excluding carboxylic acids is 1. The lowest BCUT2D eigenvalue weighted by Crippen LogP contribution is -2.50. The maximum Gasteiger partial charge on any atom is 0.223 e. The number of benzene rings is 1. The molecule has 1 fully saturated rings. The number of hydrogen-bond donors (Lipinski definition) is 0. The molecule has 0 saturated carbocycles. The molecule has 0 aliphatic carbocycles. The van der Waals surface area contributed by atoms with E-state index in [1.807, 2.05) is 49.1 Å². The summed E-state index contributed by atoms with van der Waals surface area (Å²) in [5, 5.41) is 0. The van der Waals surface area contributed by atoms with Crippen molar-refractivity contribution in [3.63, 3.8) is 0 Å². The summed E-state index contributed by atoms with van der Waals surface area (Å²) in [5.41, 5.74) is 0. The average Bonchev–Trinajstić information content (AvgIpc) is 2.47. The number of rotatable bonds is 5. The fourth-order valence-corrected chi connectivity index (χ4v) is 2.32. The van der Waals surface area contributed by atoms with Crippen molar-refractivity contribution in [1.82, 2.24) is 4.90 Å². The van der Waals surface area contributed by atoms with Gasteiger partial charge in [-0.3, -0.25) is 4.79 Å². The lowest BCUT2D eigenvalue weighted by atomic mass is 10.1. The smallest absolute Gasteiger partial charge is 0.223 e. The number of morpholine rings is 1. The van der Waals surface area contributed by atoms with Crippen LogP contribution >= 0.6 is 0 Å². The molecule has 110 valence electrons. The van der Waals surface area contributed by atoms with Gasteiger partial charge < -0.3 is 14.4 Å². The van der Waals surface area contributed by atoms with Gasteiger partial charge in [0.05, 0.1) is 25.4 Å². The summed E-state index contributed by atoms with van der Waals surface area (Å²) in [5.74, 6) is 1.05. The molecule has 2 atom stereocenters. The maximum absolute atomic E-state index is 12.2. The summed E-state index contributed by atoms with van der Waals surface area (Å²) in [4.78, 5) is 14.1. The first-order valence-corrected chi connectivity index (χ1v) is 7.25. The Bertz CT molecular complexity index is 421. The average molecular weight is 277 g/mol. The van der Waals surface area contributed by atoms with Gasteiger partial charge >= 0.3 is 0 Å². The molecule has 1 aromatic rings. The Kier molecular flexibility index (Phi) is 5.41. The third-order valence-corrected chi connectivity index (χ3v) is 3.48. The molecule has 1 aromatic carbocycles. The highest BCUT2D eigenvalue weighted by molar-refractivity contribution is 5.76. The summed E-state index contributed by atoms with van der Waals surface area (Å²) in [6.07, 6.45) is 1.41. The Balaban J connectivity index is 1.69. The van der Waals surface area contributed by atoms with Gasteiger partial charge in [-0.25, -0.2) is 0 Å². The van der Waals surface area contributed by atoms with Gasteiger partial charge in [-0.1, -0.05) is 18.2 Å². The Hall–Kier alpha value is -1.55. The highest BCUT2D eigenvalue weighted by atomic mass is 16.5. The number of amides is 1. The van der Waals surface area contributed by atoms with Gasteiger partial charge in [0.2, 0.25) is 5.91 Å². The molecule has 4 heteroatoms. The molecular weight excluding hydrogens is 254 g/mol. The summed E-state index contributed by atoms with van der Waals surface area (Å²) in [6.45, 7) is 5.94. The molecule has 1 heterocycles. The van der Waals surface area contributed by atoms with Crippen molar-refractivity contribution in [2.24, 2.45) is 0 Å². The van der Waals surface area contributed by atoms with Gasteiger partial charge in [0.15, 0.2) is 0 Å². The molecule has 2 unspecified atom stereocenters. The number of carbonyl (C=O) groups is 1. The van der Waals surface area contributed by atoms with Crippen LogP contribution in [0.2, 0.25) is 0 Å². The first-order chi connectivity index (χ1) is 9.66. The first kappa shape index (κ1) is 14.9. The summed E-state index contributed by atoms with van der Waals surface area (Å²) in [6, 6.07) is 9.86. The van der Waals surface area contributed by atoms with Crippen LogP contribution in [0.3, 0.4) is 0 Å². The van der Waals surface area contributed by atoms with Gasteiger partial charge in [-0.2, -0.15) is 0 Å². The van der Waals surface area contributed by atoms with Gasteiger partial charge in [-0.05, 0) is 32.4 Å². The lowest BCUT2D eigenvalue weighted by Gasteiger charge is -2.36. The molecule has 1 saturated heterocycles. The van der Waals surface area contributed by atoms with E-state index < -0.39 is 0 Å². The normalized spacial score (nSPS) is 22.6. The molecule has 20 heavy (non-hydrogen) atoms. The van der Waals surface area contributed by atoms with Crippen LogP contribution in [0.1, 0.15) is 26.7 Å². The minimum atomic E-state index is 0.135. The molecule has 0 N–H and O–H groups in total. The van der Waals surface area contributed by atoms with Crippen molar-refractivity contribution in [1.29, 1.82) is 0 Å². The highest BCUT2D eigenvalue weighted by Crippen LogP contribution is 2.14. The Morgan fingerprint density at radius 1 is 1.35 bits per heavy atom. The Labute approximate surface area is 120 Å². The second-order valence-electron chi connectivity index (χ2n) is 5.30. The second kappa shape index (κ2) is 7.29. The van der Waals surface area contributed by atoms with Gasteiger partial charge in [-0.15, -0.1) is 0 Å². The lowest BCUT2D eigenvalue weighted by molar-refractivity contribution is -0.143. The molecule has 0 spiro atoms. The van der Waals surface area contributed by atoms with E-state index >= 15 is 0 Å². The van der Waals surface area contributed by atoms with E-state index in [9.17, 15) is 4.79 Å². The fraction of sp³-hybridized carbons (Fsp3) is 0.562. The number of para-hydroxylation sites is 1. The largest absolute Gasteiger partial charge is 0.494 e. The van der Waals surface area contributed by atoms with Crippen molar-refractivity contribution in [2.45, 2.75) is 38.8 Å². The van der Waals surface area contributed by atoms with E-state index in [1.165, 1.54) is 0 Å². The molecule has 1 amide bonds. The molecule has 2 rings (SSSR count). The third kappa shape index (κ3) is 4.23. The summed E-state index contributed by atoms with van der Waals surface area (Å²) < 4.78 is 11.1. The van der Waals surface area contributed by atoms with Crippen molar-refractivity contribution in [3.05, 3.63) is 30.3 Å². The zero-order valence-corrected chi connectivity index (χ0v) is 12.2. The quantitative estimate of drug-likeness (QED) is 0.776. The van der Waals surface area contributed by atoms with Crippen LogP contribution in [0.4, 0.5) is 0 Å². The van der Waals surface area contributed by atoms with E-state index in [-0.39, 0.29) is 18.1 Å². The van der Waals surface area contributed by atoms with Crippen LogP contribution in [0.25, 0.3) is 0 Å².